The molecule has 1 atom stereocenters. The number of carbonyl (C=O) groups is 1. The topological polar surface area (TPSA) is 65.2 Å². The van der Waals surface area contributed by atoms with Gasteiger partial charge in [-0.2, -0.15) is 0 Å². The number of anilines is 1. The van der Waals surface area contributed by atoms with Crippen molar-refractivity contribution in [1.82, 2.24) is 9.88 Å². The number of hydrogen-bond donors (Lipinski definition) is 2. The van der Waals surface area contributed by atoms with Crippen molar-refractivity contribution < 1.29 is 13.6 Å². The van der Waals surface area contributed by atoms with E-state index in [2.05, 4.69) is 10.3 Å². The summed E-state index contributed by atoms with van der Waals surface area (Å²) in [6.45, 7) is 2.37. The lowest BCUT2D eigenvalue weighted by atomic mass is 9.80. The van der Waals surface area contributed by atoms with Gasteiger partial charge in [-0.25, -0.2) is 13.6 Å². The van der Waals surface area contributed by atoms with Gasteiger partial charge in [-0.05, 0) is 75.1 Å². The minimum absolute atomic E-state index is 0.00777. The standard InChI is InChI=1S/C22H25F2N3O2/c1-2-27(22(29)25-13-10-11-16(23)17(24)12-13)19-9-5-8-18-20(19)14-6-3-4-7-15(14)21(28)26-18/h10-12,19H,2-9H2,1H3,(H,25,29)(H,26,28). The molecule has 7 heteroatoms. The largest absolute Gasteiger partial charge is 0.326 e. The van der Waals surface area contributed by atoms with Gasteiger partial charge in [0.15, 0.2) is 11.6 Å². The summed E-state index contributed by atoms with van der Waals surface area (Å²) in [7, 11) is 0. The molecule has 0 spiro atoms. The molecular weight excluding hydrogens is 376 g/mol. The summed E-state index contributed by atoms with van der Waals surface area (Å²) in [5.74, 6) is -1.95. The predicted octanol–water partition coefficient (Wildman–Crippen LogP) is 4.46. The molecule has 2 N–H and O–H groups in total. The number of H-pyrrole nitrogens is 1. The molecule has 1 unspecified atom stereocenters. The van der Waals surface area contributed by atoms with E-state index in [1.807, 2.05) is 6.92 Å². The number of pyridine rings is 1. The first-order valence-electron chi connectivity index (χ1n) is 10.3. The zero-order chi connectivity index (χ0) is 20.5. The van der Waals surface area contributed by atoms with Crippen LogP contribution < -0.4 is 10.9 Å². The van der Waals surface area contributed by atoms with Gasteiger partial charge >= 0.3 is 6.03 Å². The Kier molecular flexibility index (Phi) is 5.39. The lowest BCUT2D eigenvalue weighted by molar-refractivity contribution is 0.183. The highest BCUT2D eigenvalue weighted by Crippen LogP contribution is 2.38. The molecule has 2 aliphatic rings. The predicted molar refractivity (Wildman–Crippen MR) is 107 cm³/mol. The molecule has 29 heavy (non-hydrogen) atoms. The lowest BCUT2D eigenvalue weighted by Gasteiger charge is -2.37. The molecule has 2 amide bonds. The molecule has 1 heterocycles. The van der Waals surface area contributed by atoms with Crippen molar-refractivity contribution >= 4 is 11.7 Å². The van der Waals surface area contributed by atoms with Crippen molar-refractivity contribution in [2.75, 3.05) is 11.9 Å². The quantitative estimate of drug-likeness (QED) is 0.797. The Hall–Kier alpha value is -2.70. The number of rotatable bonds is 3. The van der Waals surface area contributed by atoms with E-state index in [4.69, 9.17) is 0 Å². The van der Waals surface area contributed by atoms with Gasteiger partial charge in [0, 0.05) is 29.6 Å². The first kappa shape index (κ1) is 19.6. The molecule has 0 fully saturated rings. The lowest BCUT2D eigenvalue weighted by Crippen LogP contribution is -2.41. The second-order valence-corrected chi connectivity index (χ2v) is 7.76. The summed E-state index contributed by atoms with van der Waals surface area (Å²) in [5.41, 5.74) is 4.22. The van der Waals surface area contributed by atoms with Gasteiger partial charge in [0.1, 0.15) is 0 Å². The Bertz CT molecular complexity index is 1000. The summed E-state index contributed by atoms with van der Waals surface area (Å²) in [6, 6.07) is 2.83. The first-order valence-corrected chi connectivity index (χ1v) is 10.3. The highest BCUT2D eigenvalue weighted by Gasteiger charge is 2.33. The Morgan fingerprint density at radius 3 is 2.62 bits per heavy atom. The monoisotopic (exact) mass is 401 g/mol. The number of aromatic nitrogens is 1. The van der Waals surface area contributed by atoms with Crippen molar-refractivity contribution in [3.63, 3.8) is 0 Å². The molecule has 2 aliphatic carbocycles. The number of halogens is 2. The maximum absolute atomic E-state index is 13.5. The smallest absolute Gasteiger partial charge is 0.322 e. The summed E-state index contributed by atoms with van der Waals surface area (Å²) in [5, 5.41) is 2.69. The fourth-order valence-corrected chi connectivity index (χ4v) is 4.72. The van der Waals surface area contributed by atoms with Crippen LogP contribution in [-0.2, 0) is 19.3 Å². The minimum atomic E-state index is -1.000. The molecule has 0 saturated heterocycles. The van der Waals surface area contributed by atoms with Crippen molar-refractivity contribution in [3.05, 3.63) is 62.6 Å². The van der Waals surface area contributed by atoms with Gasteiger partial charge in [0.2, 0.25) is 0 Å². The maximum Gasteiger partial charge on any atom is 0.322 e. The third kappa shape index (κ3) is 3.66. The van der Waals surface area contributed by atoms with Gasteiger partial charge in [-0.1, -0.05) is 0 Å². The Morgan fingerprint density at radius 2 is 1.90 bits per heavy atom. The second-order valence-electron chi connectivity index (χ2n) is 7.76. The number of nitrogens with zero attached hydrogens (tertiary/aromatic N) is 1. The SMILES string of the molecule is CCN(C(=O)Nc1ccc(F)c(F)c1)C1CCCc2[nH]c(=O)c3c(c21)CCCC3. The zero-order valence-corrected chi connectivity index (χ0v) is 16.5. The van der Waals surface area contributed by atoms with Crippen molar-refractivity contribution in [2.24, 2.45) is 0 Å². The summed E-state index contributed by atoms with van der Waals surface area (Å²) in [6.07, 6.45) is 6.18. The van der Waals surface area contributed by atoms with E-state index >= 15 is 0 Å². The van der Waals surface area contributed by atoms with Crippen molar-refractivity contribution in [1.29, 1.82) is 0 Å². The summed E-state index contributed by atoms with van der Waals surface area (Å²) in [4.78, 5) is 30.3. The van der Waals surface area contributed by atoms with E-state index in [0.29, 0.717) is 6.54 Å². The Morgan fingerprint density at radius 1 is 1.14 bits per heavy atom. The van der Waals surface area contributed by atoms with Crippen LogP contribution in [0.2, 0.25) is 0 Å². The fraction of sp³-hybridized carbons (Fsp3) is 0.455. The van der Waals surface area contributed by atoms with Gasteiger partial charge in [-0.3, -0.25) is 4.79 Å². The van der Waals surface area contributed by atoms with Crippen LogP contribution in [0.1, 0.15) is 61.0 Å². The van der Waals surface area contributed by atoms with E-state index in [0.717, 1.165) is 79.5 Å². The van der Waals surface area contributed by atoms with Crippen LogP contribution in [0.25, 0.3) is 0 Å². The fourth-order valence-electron chi connectivity index (χ4n) is 4.72. The molecule has 0 saturated carbocycles. The number of urea groups is 1. The Labute approximate surface area is 168 Å². The van der Waals surface area contributed by atoms with Crippen LogP contribution in [0.3, 0.4) is 0 Å². The zero-order valence-electron chi connectivity index (χ0n) is 16.5. The molecule has 1 aromatic carbocycles. The summed E-state index contributed by atoms with van der Waals surface area (Å²) >= 11 is 0. The second kappa shape index (κ2) is 7.97. The van der Waals surface area contributed by atoms with Crippen LogP contribution in [0.5, 0.6) is 0 Å². The minimum Gasteiger partial charge on any atom is -0.326 e. The highest BCUT2D eigenvalue weighted by molar-refractivity contribution is 5.89. The van der Waals surface area contributed by atoms with Gasteiger partial charge in [-0.15, -0.1) is 0 Å². The molecule has 154 valence electrons. The third-order valence-electron chi connectivity index (χ3n) is 6.04. The molecule has 2 aromatic rings. The van der Waals surface area contributed by atoms with E-state index in [1.54, 1.807) is 4.90 Å². The molecule has 0 radical (unpaired) electrons. The van der Waals surface area contributed by atoms with Crippen LogP contribution in [0.4, 0.5) is 19.3 Å². The van der Waals surface area contributed by atoms with E-state index in [9.17, 15) is 18.4 Å². The molecular formula is C22H25F2N3O2. The van der Waals surface area contributed by atoms with Crippen LogP contribution in [0.15, 0.2) is 23.0 Å². The molecule has 0 bridgehead atoms. The average molecular weight is 401 g/mol. The number of benzene rings is 1. The molecule has 0 aliphatic heterocycles. The first-order chi connectivity index (χ1) is 14.0. The number of fused-ring (bicyclic) bond motifs is 3. The molecule has 4 rings (SSSR count). The van der Waals surface area contributed by atoms with Gasteiger partial charge in [0.05, 0.1) is 6.04 Å². The van der Waals surface area contributed by atoms with E-state index in [-0.39, 0.29) is 23.3 Å². The normalized spacial score (nSPS) is 18.0. The Balaban J connectivity index is 1.68. The molecule has 1 aromatic heterocycles. The van der Waals surface area contributed by atoms with Crippen molar-refractivity contribution in [3.8, 4) is 0 Å². The highest BCUT2D eigenvalue weighted by atomic mass is 19.2. The van der Waals surface area contributed by atoms with E-state index in [1.165, 1.54) is 6.07 Å². The number of nitrogens with one attached hydrogen (secondary N) is 2. The number of aryl methyl sites for hydroxylation is 1. The molecule has 5 nitrogen and oxygen atoms in total. The van der Waals surface area contributed by atoms with Gasteiger partial charge < -0.3 is 15.2 Å². The number of carbonyl (C=O) groups excluding carboxylic acids is 1. The third-order valence-corrected chi connectivity index (χ3v) is 6.04. The number of aromatic amines is 1. The summed E-state index contributed by atoms with van der Waals surface area (Å²) < 4.78 is 26.7. The average Bonchev–Trinajstić information content (AvgIpc) is 2.71. The van der Waals surface area contributed by atoms with E-state index < -0.39 is 11.6 Å². The van der Waals surface area contributed by atoms with Crippen LogP contribution >= 0.6 is 0 Å². The maximum atomic E-state index is 13.5. The van der Waals surface area contributed by atoms with Gasteiger partial charge in [0.25, 0.3) is 5.56 Å². The number of hydrogen-bond acceptors (Lipinski definition) is 2. The van der Waals surface area contributed by atoms with Crippen molar-refractivity contribution in [2.45, 2.75) is 57.9 Å². The van der Waals surface area contributed by atoms with Crippen LogP contribution in [-0.4, -0.2) is 22.5 Å². The van der Waals surface area contributed by atoms with Crippen LogP contribution in [0, 0.1) is 11.6 Å². The number of amides is 2.